The van der Waals surface area contributed by atoms with Crippen molar-refractivity contribution < 1.29 is 9.53 Å². The van der Waals surface area contributed by atoms with Crippen molar-refractivity contribution in [3.8, 4) is 0 Å². The maximum Gasteiger partial charge on any atom is 0.409 e. The molecule has 2 unspecified atom stereocenters. The first-order valence-electron chi connectivity index (χ1n) is 6.81. The molecule has 1 N–H and O–H groups in total. The van der Waals surface area contributed by atoms with Gasteiger partial charge in [0, 0.05) is 19.1 Å². The zero-order valence-corrected chi connectivity index (χ0v) is 10.9. The molecule has 0 aromatic carbocycles. The van der Waals surface area contributed by atoms with E-state index in [0.717, 1.165) is 19.0 Å². The Balaban J connectivity index is 1.88. The van der Waals surface area contributed by atoms with Gasteiger partial charge in [-0.25, -0.2) is 4.79 Å². The third-order valence-corrected chi connectivity index (χ3v) is 3.84. The van der Waals surface area contributed by atoms with Crippen molar-refractivity contribution in [2.45, 2.75) is 38.6 Å². The monoisotopic (exact) mass is 240 g/mol. The molecule has 0 bridgehead atoms. The molecule has 0 aromatic rings. The molecule has 2 atom stereocenters. The summed E-state index contributed by atoms with van der Waals surface area (Å²) in [6.07, 6.45) is 5.12. The first-order chi connectivity index (χ1) is 8.22. The zero-order valence-electron chi connectivity index (χ0n) is 10.9. The summed E-state index contributed by atoms with van der Waals surface area (Å²) in [4.78, 5) is 13.7. The van der Waals surface area contributed by atoms with Gasteiger partial charge in [-0.15, -0.1) is 0 Å². The van der Waals surface area contributed by atoms with E-state index in [2.05, 4.69) is 5.32 Å². The predicted molar refractivity (Wildman–Crippen MR) is 66.9 cm³/mol. The van der Waals surface area contributed by atoms with E-state index in [1.165, 1.54) is 25.7 Å². The third kappa shape index (κ3) is 3.60. The van der Waals surface area contributed by atoms with Crippen LogP contribution in [0.15, 0.2) is 0 Å². The topological polar surface area (TPSA) is 41.6 Å². The third-order valence-electron chi connectivity index (χ3n) is 3.84. The Morgan fingerprint density at radius 3 is 2.71 bits per heavy atom. The second-order valence-corrected chi connectivity index (χ2v) is 5.37. The molecule has 17 heavy (non-hydrogen) atoms. The van der Waals surface area contributed by atoms with Gasteiger partial charge in [-0.05, 0) is 38.6 Å². The second-order valence-electron chi connectivity index (χ2n) is 5.37. The van der Waals surface area contributed by atoms with Gasteiger partial charge >= 0.3 is 6.09 Å². The number of likely N-dealkylation sites (N-methyl/N-ethyl adjacent to an activating group) is 1. The average molecular weight is 240 g/mol. The Kier molecular flexibility index (Phi) is 4.26. The second kappa shape index (κ2) is 5.71. The number of hydrogen-bond acceptors (Lipinski definition) is 3. The highest BCUT2D eigenvalue weighted by atomic mass is 16.6. The first kappa shape index (κ1) is 12.7. The molecule has 0 aromatic heterocycles. The van der Waals surface area contributed by atoms with Gasteiger partial charge in [0.2, 0.25) is 0 Å². The Labute approximate surface area is 104 Å². The van der Waals surface area contributed by atoms with Gasteiger partial charge in [0.25, 0.3) is 0 Å². The van der Waals surface area contributed by atoms with Gasteiger partial charge in [0.15, 0.2) is 0 Å². The summed E-state index contributed by atoms with van der Waals surface area (Å²) >= 11 is 0. The van der Waals surface area contributed by atoms with E-state index in [4.69, 9.17) is 4.74 Å². The number of hydrogen-bond donors (Lipinski definition) is 1. The lowest BCUT2D eigenvalue weighted by Crippen LogP contribution is -2.50. The summed E-state index contributed by atoms with van der Waals surface area (Å²) in [5, 5.41) is 3.31. The lowest BCUT2D eigenvalue weighted by molar-refractivity contribution is 0.0774. The van der Waals surface area contributed by atoms with Crippen molar-refractivity contribution in [2.24, 2.45) is 11.8 Å². The molecule has 1 aliphatic heterocycles. The molecule has 1 amide bonds. The van der Waals surface area contributed by atoms with Gasteiger partial charge in [0.05, 0.1) is 6.61 Å². The van der Waals surface area contributed by atoms with Gasteiger partial charge in [0.1, 0.15) is 0 Å². The molecule has 2 aliphatic rings. The largest absolute Gasteiger partial charge is 0.450 e. The Morgan fingerprint density at radius 2 is 2.12 bits per heavy atom. The lowest BCUT2D eigenvalue weighted by atomic mass is 9.90. The number of nitrogens with zero attached hydrogens (tertiary/aromatic N) is 1. The highest BCUT2D eigenvalue weighted by Gasteiger charge is 2.33. The van der Waals surface area contributed by atoms with E-state index >= 15 is 0 Å². The van der Waals surface area contributed by atoms with E-state index in [-0.39, 0.29) is 6.09 Å². The van der Waals surface area contributed by atoms with Gasteiger partial charge < -0.3 is 15.0 Å². The standard InChI is InChI=1S/C13H24N2O2/c1-3-17-13(16)15-8-11(6-10-4-5-10)7-12(9-15)14-2/h10-12,14H,3-9H2,1-2H3. The number of nitrogens with one attached hydrogen (secondary N) is 1. The molecular weight excluding hydrogens is 216 g/mol. The minimum Gasteiger partial charge on any atom is -0.450 e. The van der Waals surface area contributed by atoms with Gasteiger partial charge in [-0.3, -0.25) is 0 Å². The summed E-state index contributed by atoms with van der Waals surface area (Å²) < 4.78 is 5.10. The molecule has 0 spiro atoms. The fourth-order valence-corrected chi connectivity index (χ4v) is 2.77. The van der Waals surface area contributed by atoms with E-state index in [1.54, 1.807) is 0 Å². The molecular formula is C13H24N2O2. The smallest absolute Gasteiger partial charge is 0.409 e. The predicted octanol–water partition coefficient (Wildman–Crippen LogP) is 1.85. The minimum atomic E-state index is -0.145. The number of carbonyl (C=O) groups excluding carboxylic acids is 1. The maximum absolute atomic E-state index is 11.8. The highest BCUT2D eigenvalue weighted by molar-refractivity contribution is 5.67. The van der Waals surface area contributed by atoms with E-state index < -0.39 is 0 Å². The van der Waals surface area contributed by atoms with Crippen LogP contribution in [0.3, 0.4) is 0 Å². The van der Waals surface area contributed by atoms with Crippen LogP contribution in [0.1, 0.15) is 32.6 Å². The number of amides is 1. The molecule has 1 heterocycles. The summed E-state index contributed by atoms with van der Waals surface area (Å²) in [5.74, 6) is 1.58. The van der Waals surface area contributed by atoms with Crippen LogP contribution in [0.4, 0.5) is 4.79 Å². The number of carbonyl (C=O) groups is 1. The molecule has 4 heteroatoms. The minimum absolute atomic E-state index is 0.145. The molecule has 0 radical (unpaired) electrons. The Hall–Kier alpha value is -0.770. The average Bonchev–Trinajstić information content (AvgIpc) is 3.13. The quantitative estimate of drug-likeness (QED) is 0.815. The summed E-state index contributed by atoms with van der Waals surface area (Å²) in [6.45, 7) is 4.00. The number of likely N-dealkylation sites (tertiary alicyclic amines) is 1. The van der Waals surface area contributed by atoms with Crippen LogP contribution in [0.2, 0.25) is 0 Å². The molecule has 1 saturated carbocycles. The first-order valence-corrected chi connectivity index (χ1v) is 6.81. The maximum atomic E-state index is 11.8. The number of ether oxygens (including phenoxy) is 1. The van der Waals surface area contributed by atoms with E-state index in [0.29, 0.717) is 18.6 Å². The van der Waals surface area contributed by atoms with Crippen molar-refractivity contribution in [1.82, 2.24) is 10.2 Å². The molecule has 1 saturated heterocycles. The van der Waals surface area contributed by atoms with Crippen molar-refractivity contribution in [3.63, 3.8) is 0 Å². The number of piperidine rings is 1. The molecule has 98 valence electrons. The fraction of sp³-hybridized carbons (Fsp3) is 0.923. The van der Waals surface area contributed by atoms with Crippen LogP contribution in [-0.2, 0) is 4.74 Å². The van der Waals surface area contributed by atoms with Crippen LogP contribution < -0.4 is 5.32 Å². The van der Waals surface area contributed by atoms with Gasteiger partial charge in [-0.1, -0.05) is 12.8 Å². The van der Waals surface area contributed by atoms with Crippen molar-refractivity contribution in [1.29, 1.82) is 0 Å². The van der Waals surface area contributed by atoms with Crippen LogP contribution >= 0.6 is 0 Å². The van der Waals surface area contributed by atoms with Crippen molar-refractivity contribution in [2.75, 3.05) is 26.7 Å². The number of rotatable bonds is 4. The molecule has 1 aliphatic carbocycles. The lowest BCUT2D eigenvalue weighted by Gasteiger charge is -2.37. The van der Waals surface area contributed by atoms with Gasteiger partial charge in [-0.2, -0.15) is 0 Å². The van der Waals surface area contributed by atoms with Crippen LogP contribution in [0.25, 0.3) is 0 Å². The van der Waals surface area contributed by atoms with Crippen molar-refractivity contribution in [3.05, 3.63) is 0 Å². The fourth-order valence-electron chi connectivity index (χ4n) is 2.77. The van der Waals surface area contributed by atoms with Crippen LogP contribution in [0.5, 0.6) is 0 Å². The van der Waals surface area contributed by atoms with E-state index in [9.17, 15) is 4.79 Å². The molecule has 4 nitrogen and oxygen atoms in total. The Bertz CT molecular complexity index is 266. The van der Waals surface area contributed by atoms with Crippen molar-refractivity contribution >= 4 is 6.09 Å². The van der Waals surface area contributed by atoms with Crippen LogP contribution in [-0.4, -0.2) is 43.8 Å². The normalized spacial score (nSPS) is 29.2. The Morgan fingerprint density at radius 1 is 1.35 bits per heavy atom. The summed E-state index contributed by atoms with van der Waals surface area (Å²) in [7, 11) is 1.98. The molecule has 2 fully saturated rings. The summed E-state index contributed by atoms with van der Waals surface area (Å²) in [5.41, 5.74) is 0. The SMILES string of the molecule is CCOC(=O)N1CC(CC2CC2)CC(NC)C1. The molecule has 2 rings (SSSR count). The van der Waals surface area contributed by atoms with Crippen LogP contribution in [0, 0.1) is 11.8 Å². The highest BCUT2D eigenvalue weighted by Crippen LogP contribution is 2.37. The summed E-state index contributed by atoms with van der Waals surface area (Å²) in [6, 6.07) is 0.428. The van der Waals surface area contributed by atoms with E-state index in [1.807, 2.05) is 18.9 Å². The zero-order chi connectivity index (χ0) is 12.3.